The van der Waals surface area contributed by atoms with E-state index < -0.39 is 0 Å². The van der Waals surface area contributed by atoms with Crippen LogP contribution in [-0.2, 0) is 6.42 Å². The van der Waals surface area contributed by atoms with Crippen molar-refractivity contribution in [3.05, 3.63) is 29.8 Å². The van der Waals surface area contributed by atoms with E-state index >= 15 is 0 Å². The molecule has 1 aliphatic carbocycles. The minimum atomic E-state index is 0.403. The third-order valence-electron chi connectivity index (χ3n) is 4.72. The van der Waals surface area contributed by atoms with Gasteiger partial charge in [0.05, 0.1) is 0 Å². The number of benzene rings is 1. The van der Waals surface area contributed by atoms with E-state index in [0.29, 0.717) is 11.5 Å². The van der Waals surface area contributed by atoms with Gasteiger partial charge in [0, 0.05) is 11.7 Å². The van der Waals surface area contributed by atoms with Crippen molar-refractivity contribution in [1.82, 2.24) is 0 Å². The highest BCUT2D eigenvalue weighted by atomic mass is 14.9. The smallest absolute Gasteiger partial charge is 0.0342 e. The molecule has 112 valence electrons. The van der Waals surface area contributed by atoms with Crippen molar-refractivity contribution in [1.29, 1.82) is 0 Å². The van der Waals surface area contributed by atoms with Gasteiger partial charge in [-0.2, -0.15) is 0 Å². The average Bonchev–Trinajstić information content (AvgIpc) is 2.41. The maximum Gasteiger partial charge on any atom is 0.0342 e. The van der Waals surface area contributed by atoms with Crippen molar-refractivity contribution < 1.29 is 0 Å². The molecule has 0 spiro atoms. The first-order valence-corrected chi connectivity index (χ1v) is 8.36. The third-order valence-corrected chi connectivity index (χ3v) is 4.72. The number of rotatable bonds is 4. The van der Waals surface area contributed by atoms with E-state index in [1.165, 1.54) is 49.8 Å². The second-order valence-corrected chi connectivity index (χ2v) is 7.45. The Labute approximate surface area is 125 Å². The summed E-state index contributed by atoms with van der Waals surface area (Å²) in [4.78, 5) is 0. The van der Waals surface area contributed by atoms with Crippen LogP contribution in [0.15, 0.2) is 24.3 Å². The van der Waals surface area contributed by atoms with Gasteiger partial charge >= 0.3 is 0 Å². The lowest BCUT2D eigenvalue weighted by atomic mass is 9.69. The van der Waals surface area contributed by atoms with Gasteiger partial charge in [-0.15, -0.1) is 0 Å². The summed E-state index contributed by atoms with van der Waals surface area (Å²) >= 11 is 0. The summed E-state index contributed by atoms with van der Waals surface area (Å²) in [6.07, 6.45) is 7.87. The molecule has 1 heteroatoms. The van der Waals surface area contributed by atoms with Crippen molar-refractivity contribution in [3.8, 4) is 0 Å². The van der Waals surface area contributed by atoms with Crippen molar-refractivity contribution >= 4 is 5.69 Å². The van der Waals surface area contributed by atoms with Gasteiger partial charge in [0.2, 0.25) is 0 Å². The van der Waals surface area contributed by atoms with E-state index in [1.807, 2.05) is 0 Å². The maximum absolute atomic E-state index is 3.81. The lowest BCUT2D eigenvalue weighted by Crippen LogP contribution is -2.39. The van der Waals surface area contributed by atoms with Gasteiger partial charge in [-0.3, -0.25) is 0 Å². The second-order valence-electron chi connectivity index (χ2n) is 7.45. The Hall–Kier alpha value is -0.980. The molecule has 0 heterocycles. The minimum absolute atomic E-state index is 0.403. The Morgan fingerprint density at radius 2 is 1.70 bits per heavy atom. The fourth-order valence-corrected chi connectivity index (χ4v) is 3.61. The normalized spacial score (nSPS) is 23.6. The van der Waals surface area contributed by atoms with Crippen LogP contribution in [0.4, 0.5) is 5.69 Å². The molecular formula is C19H31N. The number of nitrogens with one attached hydrogen (secondary N) is 1. The topological polar surface area (TPSA) is 12.0 Å². The summed E-state index contributed by atoms with van der Waals surface area (Å²) in [7, 11) is 0. The molecule has 1 aromatic rings. The lowest BCUT2D eigenvalue weighted by molar-refractivity contribution is 0.163. The van der Waals surface area contributed by atoms with E-state index in [0.717, 1.165) is 5.92 Å². The summed E-state index contributed by atoms with van der Waals surface area (Å²) in [6, 6.07) is 9.72. The summed E-state index contributed by atoms with van der Waals surface area (Å²) < 4.78 is 0. The van der Waals surface area contributed by atoms with Crippen LogP contribution in [0.3, 0.4) is 0 Å². The van der Waals surface area contributed by atoms with Crippen LogP contribution in [0.2, 0.25) is 0 Å². The average molecular weight is 273 g/mol. The predicted octanol–water partition coefficient (Wildman–Crippen LogP) is 5.66. The van der Waals surface area contributed by atoms with Crippen molar-refractivity contribution in [3.63, 3.8) is 0 Å². The molecule has 20 heavy (non-hydrogen) atoms. The zero-order valence-corrected chi connectivity index (χ0v) is 13.7. The number of hydrogen-bond acceptors (Lipinski definition) is 1. The molecule has 0 saturated heterocycles. The largest absolute Gasteiger partial charge is 0.382 e. The van der Waals surface area contributed by atoms with Crippen molar-refractivity contribution in [2.24, 2.45) is 11.3 Å². The summed E-state index contributed by atoms with van der Waals surface area (Å²) in [6.45, 7) is 9.41. The van der Waals surface area contributed by atoms with Crippen LogP contribution in [-0.4, -0.2) is 6.04 Å². The summed E-state index contributed by atoms with van der Waals surface area (Å²) in [5, 5.41) is 3.81. The predicted molar refractivity (Wildman–Crippen MR) is 89.3 cm³/mol. The Balaban J connectivity index is 2.03. The molecule has 0 radical (unpaired) electrons. The SMILES string of the molecule is CCCc1ccc(NC2CCCCC2C(C)(C)C)cc1. The van der Waals surface area contributed by atoms with Gasteiger partial charge in [-0.05, 0) is 48.3 Å². The highest BCUT2D eigenvalue weighted by molar-refractivity contribution is 5.45. The zero-order valence-electron chi connectivity index (χ0n) is 13.7. The molecule has 1 fully saturated rings. The Morgan fingerprint density at radius 1 is 1.05 bits per heavy atom. The standard InChI is InChI=1S/C19H31N/c1-5-8-15-11-13-16(14-12-15)20-18-10-7-6-9-17(18)19(2,3)4/h11-14,17-18,20H,5-10H2,1-4H3. The van der Waals surface area contributed by atoms with E-state index in [-0.39, 0.29) is 0 Å². The van der Waals surface area contributed by atoms with Gasteiger partial charge in [-0.1, -0.05) is 59.1 Å². The zero-order chi connectivity index (χ0) is 14.6. The van der Waals surface area contributed by atoms with Crippen LogP contribution >= 0.6 is 0 Å². The van der Waals surface area contributed by atoms with Crippen molar-refractivity contribution in [2.45, 2.75) is 72.3 Å². The van der Waals surface area contributed by atoms with Crippen LogP contribution in [0, 0.1) is 11.3 Å². The van der Waals surface area contributed by atoms with Gasteiger partial charge in [-0.25, -0.2) is 0 Å². The number of anilines is 1. The lowest BCUT2D eigenvalue weighted by Gasteiger charge is -2.41. The molecular weight excluding hydrogens is 242 g/mol. The molecule has 2 unspecified atom stereocenters. The molecule has 1 aliphatic rings. The molecule has 0 amide bonds. The van der Waals surface area contributed by atoms with E-state index in [9.17, 15) is 0 Å². The summed E-state index contributed by atoms with van der Waals surface area (Å²) in [5.41, 5.74) is 3.15. The molecule has 2 atom stereocenters. The molecule has 1 nitrogen and oxygen atoms in total. The molecule has 0 bridgehead atoms. The first-order valence-electron chi connectivity index (χ1n) is 8.36. The molecule has 2 rings (SSSR count). The van der Waals surface area contributed by atoms with Gasteiger partial charge in [0.15, 0.2) is 0 Å². The van der Waals surface area contributed by atoms with Crippen LogP contribution in [0.5, 0.6) is 0 Å². The van der Waals surface area contributed by atoms with Gasteiger partial charge < -0.3 is 5.32 Å². The van der Waals surface area contributed by atoms with Gasteiger partial charge in [0.25, 0.3) is 0 Å². The quantitative estimate of drug-likeness (QED) is 0.746. The molecule has 1 N–H and O–H groups in total. The Kier molecular flexibility index (Phi) is 5.12. The second kappa shape index (κ2) is 6.65. The van der Waals surface area contributed by atoms with E-state index in [1.54, 1.807) is 0 Å². The Morgan fingerprint density at radius 3 is 2.30 bits per heavy atom. The molecule has 0 aromatic heterocycles. The van der Waals surface area contributed by atoms with E-state index in [2.05, 4.69) is 57.3 Å². The van der Waals surface area contributed by atoms with Crippen LogP contribution in [0.1, 0.15) is 65.4 Å². The number of hydrogen-bond donors (Lipinski definition) is 1. The van der Waals surface area contributed by atoms with Crippen molar-refractivity contribution in [2.75, 3.05) is 5.32 Å². The minimum Gasteiger partial charge on any atom is -0.382 e. The van der Waals surface area contributed by atoms with E-state index in [4.69, 9.17) is 0 Å². The summed E-state index contributed by atoms with van der Waals surface area (Å²) in [5.74, 6) is 0.784. The molecule has 1 aromatic carbocycles. The van der Waals surface area contributed by atoms with Crippen LogP contribution in [0.25, 0.3) is 0 Å². The number of aryl methyl sites for hydroxylation is 1. The molecule has 1 saturated carbocycles. The molecule has 0 aliphatic heterocycles. The monoisotopic (exact) mass is 273 g/mol. The highest BCUT2D eigenvalue weighted by Gasteiger charge is 2.33. The van der Waals surface area contributed by atoms with Crippen LogP contribution < -0.4 is 5.32 Å². The van der Waals surface area contributed by atoms with Gasteiger partial charge in [0.1, 0.15) is 0 Å². The highest BCUT2D eigenvalue weighted by Crippen LogP contribution is 2.39. The maximum atomic E-state index is 3.81. The Bertz CT molecular complexity index is 399. The first kappa shape index (κ1) is 15.4. The fourth-order valence-electron chi connectivity index (χ4n) is 3.61. The first-order chi connectivity index (χ1) is 9.50. The third kappa shape index (κ3) is 4.01. The fraction of sp³-hybridized carbons (Fsp3) is 0.684.